The zero-order valence-electron chi connectivity index (χ0n) is 14.3. The molecule has 2 aliphatic rings. The largest absolute Gasteiger partial charge is 0.374 e. The van der Waals surface area contributed by atoms with Crippen LogP contribution in [0.1, 0.15) is 40.0 Å². The molecule has 0 aromatic heterocycles. The van der Waals surface area contributed by atoms with Crippen molar-refractivity contribution in [1.29, 1.82) is 0 Å². The molecule has 2 unspecified atom stereocenters. The second kappa shape index (κ2) is 9.09. The number of hydrogen-bond donors (Lipinski definition) is 1. The van der Waals surface area contributed by atoms with Crippen molar-refractivity contribution < 1.29 is 4.74 Å². The van der Waals surface area contributed by atoms with Gasteiger partial charge in [0.25, 0.3) is 0 Å². The average Bonchev–Trinajstić information content (AvgIpc) is 2.49. The standard InChI is InChI=1S/C17H35N3O/c1-4-19-9-10-21-17(13-19)14-20-8-6-5-7-16(20)12-18-11-15(2)3/h15-18H,4-14H2,1-3H3. The molecule has 0 aliphatic carbocycles. The minimum absolute atomic E-state index is 0.407. The lowest BCUT2D eigenvalue weighted by Gasteiger charge is -2.40. The van der Waals surface area contributed by atoms with Crippen molar-refractivity contribution >= 4 is 0 Å². The Labute approximate surface area is 131 Å². The minimum Gasteiger partial charge on any atom is -0.374 e. The van der Waals surface area contributed by atoms with E-state index < -0.39 is 0 Å². The van der Waals surface area contributed by atoms with Gasteiger partial charge in [-0.15, -0.1) is 0 Å². The summed E-state index contributed by atoms with van der Waals surface area (Å²) < 4.78 is 6.00. The highest BCUT2D eigenvalue weighted by molar-refractivity contribution is 4.83. The summed E-state index contributed by atoms with van der Waals surface area (Å²) in [6, 6.07) is 0.707. The fraction of sp³-hybridized carbons (Fsp3) is 1.00. The molecule has 0 saturated carbocycles. The Bertz CT molecular complexity index is 285. The first-order valence-corrected chi connectivity index (χ1v) is 8.97. The Kier molecular flexibility index (Phi) is 7.44. The van der Waals surface area contributed by atoms with Crippen molar-refractivity contribution in [1.82, 2.24) is 15.1 Å². The second-order valence-corrected chi connectivity index (χ2v) is 7.08. The summed E-state index contributed by atoms with van der Waals surface area (Å²) in [6.07, 6.45) is 4.49. The van der Waals surface area contributed by atoms with Gasteiger partial charge in [-0.2, -0.15) is 0 Å². The summed E-state index contributed by atoms with van der Waals surface area (Å²) in [7, 11) is 0. The highest BCUT2D eigenvalue weighted by Gasteiger charge is 2.27. The van der Waals surface area contributed by atoms with Gasteiger partial charge in [-0.1, -0.05) is 27.2 Å². The van der Waals surface area contributed by atoms with Gasteiger partial charge in [0, 0.05) is 32.2 Å². The molecule has 0 spiro atoms. The van der Waals surface area contributed by atoms with Gasteiger partial charge < -0.3 is 10.1 Å². The molecule has 2 atom stereocenters. The number of likely N-dealkylation sites (N-methyl/N-ethyl adjacent to an activating group) is 1. The summed E-state index contributed by atoms with van der Waals surface area (Å²) in [5, 5.41) is 3.65. The summed E-state index contributed by atoms with van der Waals surface area (Å²) in [4.78, 5) is 5.20. The molecule has 124 valence electrons. The fourth-order valence-corrected chi connectivity index (χ4v) is 3.51. The van der Waals surface area contributed by atoms with Crippen LogP contribution in [0.4, 0.5) is 0 Å². The number of nitrogens with zero attached hydrogens (tertiary/aromatic N) is 2. The van der Waals surface area contributed by atoms with E-state index in [9.17, 15) is 0 Å². The monoisotopic (exact) mass is 297 g/mol. The molecule has 4 heteroatoms. The van der Waals surface area contributed by atoms with Crippen molar-refractivity contribution in [2.24, 2.45) is 5.92 Å². The third-order valence-corrected chi connectivity index (χ3v) is 4.79. The fourth-order valence-electron chi connectivity index (χ4n) is 3.51. The average molecular weight is 297 g/mol. The molecule has 0 aromatic rings. The van der Waals surface area contributed by atoms with E-state index in [4.69, 9.17) is 4.74 Å². The van der Waals surface area contributed by atoms with Gasteiger partial charge in [0.1, 0.15) is 0 Å². The Morgan fingerprint density at radius 2 is 2.10 bits per heavy atom. The summed E-state index contributed by atoms with van der Waals surface area (Å²) in [5.41, 5.74) is 0. The Balaban J connectivity index is 1.78. The number of hydrogen-bond acceptors (Lipinski definition) is 4. The second-order valence-electron chi connectivity index (χ2n) is 7.08. The van der Waals surface area contributed by atoms with Crippen LogP contribution >= 0.6 is 0 Å². The van der Waals surface area contributed by atoms with Gasteiger partial charge in [0.05, 0.1) is 12.7 Å². The predicted octanol–water partition coefficient (Wildman–Crippen LogP) is 1.81. The van der Waals surface area contributed by atoms with Crippen LogP contribution in [0.5, 0.6) is 0 Å². The van der Waals surface area contributed by atoms with Crippen LogP contribution in [-0.2, 0) is 4.74 Å². The van der Waals surface area contributed by atoms with Gasteiger partial charge in [-0.05, 0) is 38.4 Å². The zero-order chi connectivity index (χ0) is 15.1. The summed E-state index contributed by atoms with van der Waals surface area (Å²) >= 11 is 0. The molecule has 2 rings (SSSR count). The molecule has 2 heterocycles. The number of rotatable bonds is 7. The lowest BCUT2D eigenvalue weighted by atomic mass is 10.0. The molecular formula is C17H35N3O. The molecule has 2 saturated heterocycles. The van der Waals surface area contributed by atoms with Crippen LogP contribution in [-0.4, -0.2) is 74.4 Å². The first-order valence-electron chi connectivity index (χ1n) is 8.97. The Morgan fingerprint density at radius 1 is 1.24 bits per heavy atom. The number of nitrogens with one attached hydrogen (secondary N) is 1. The van der Waals surface area contributed by atoms with E-state index in [0.717, 1.165) is 51.8 Å². The third kappa shape index (κ3) is 5.85. The zero-order valence-corrected chi connectivity index (χ0v) is 14.3. The molecule has 0 aromatic carbocycles. The molecule has 0 bridgehead atoms. The van der Waals surface area contributed by atoms with Gasteiger partial charge in [0.15, 0.2) is 0 Å². The van der Waals surface area contributed by atoms with Crippen LogP contribution in [0, 0.1) is 5.92 Å². The SMILES string of the molecule is CCN1CCOC(CN2CCCCC2CNCC(C)C)C1. The van der Waals surface area contributed by atoms with E-state index >= 15 is 0 Å². The van der Waals surface area contributed by atoms with E-state index in [-0.39, 0.29) is 0 Å². The van der Waals surface area contributed by atoms with Crippen molar-refractivity contribution in [3.05, 3.63) is 0 Å². The topological polar surface area (TPSA) is 27.7 Å². The lowest BCUT2D eigenvalue weighted by Crippen LogP contribution is -2.53. The van der Waals surface area contributed by atoms with Crippen molar-refractivity contribution in [2.45, 2.75) is 52.2 Å². The normalized spacial score (nSPS) is 29.1. The number of morpholine rings is 1. The Hall–Kier alpha value is -0.160. The van der Waals surface area contributed by atoms with Crippen LogP contribution in [0.25, 0.3) is 0 Å². The van der Waals surface area contributed by atoms with Gasteiger partial charge >= 0.3 is 0 Å². The van der Waals surface area contributed by atoms with E-state index in [1.165, 1.54) is 25.8 Å². The first-order chi connectivity index (χ1) is 10.2. The summed E-state index contributed by atoms with van der Waals surface area (Å²) in [5.74, 6) is 0.738. The maximum Gasteiger partial charge on any atom is 0.0829 e. The molecule has 0 amide bonds. The van der Waals surface area contributed by atoms with E-state index in [2.05, 4.69) is 35.9 Å². The predicted molar refractivity (Wildman–Crippen MR) is 88.8 cm³/mol. The van der Waals surface area contributed by atoms with E-state index in [0.29, 0.717) is 12.1 Å². The number of likely N-dealkylation sites (tertiary alicyclic amines) is 1. The van der Waals surface area contributed by atoms with E-state index in [1.54, 1.807) is 0 Å². The molecule has 0 radical (unpaired) electrons. The summed E-state index contributed by atoms with van der Waals surface area (Å²) in [6.45, 7) is 15.7. The molecule has 4 nitrogen and oxygen atoms in total. The smallest absolute Gasteiger partial charge is 0.0829 e. The molecule has 2 fully saturated rings. The van der Waals surface area contributed by atoms with Crippen LogP contribution in [0.3, 0.4) is 0 Å². The highest BCUT2D eigenvalue weighted by atomic mass is 16.5. The minimum atomic E-state index is 0.407. The molecule has 1 N–H and O–H groups in total. The van der Waals surface area contributed by atoms with Crippen LogP contribution in [0.15, 0.2) is 0 Å². The molecule has 2 aliphatic heterocycles. The van der Waals surface area contributed by atoms with Crippen molar-refractivity contribution in [2.75, 3.05) is 52.4 Å². The molecule has 21 heavy (non-hydrogen) atoms. The number of ether oxygens (including phenoxy) is 1. The highest BCUT2D eigenvalue weighted by Crippen LogP contribution is 2.18. The van der Waals surface area contributed by atoms with Crippen LogP contribution < -0.4 is 5.32 Å². The van der Waals surface area contributed by atoms with Gasteiger partial charge in [-0.25, -0.2) is 0 Å². The van der Waals surface area contributed by atoms with Crippen molar-refractivity contribution in [3.63, 3.8) is 0 Å². The first kappa shape index (κ1) is 17.2. The quantitative estimate of drug-likeness (QED) is 0.775. The van der Waals surface area contributed by atoms with Gasteiger partial charge in [-0.3, -0.25) is 9.80 Å². The molecular weight excluding hydrogens is 262 g/mol. The number of piperidine rings is 1. The van der Waals surface area contributed by atoms with Crippen molar-refractivity contribution in [3.8, 4) is 0 Å². The van der Waals surface area contributed by atoms with Crippen LogP contribution in [0.2, 0.25) is 0 Å². The maximum atomic E-state index is 6.00. The Morgan fingerprint density at radius 3 is 2.86 bits per heavy atom. The maximum absolute atomic E-state index is 6.00. The lowest BCUT2D eigenvalue weighted by molar-refractivity contribution is -0.0506. The van der Waals surface area contributed by atoms with E-state index in [1.807, 2.05) is 0 Å². The van der Waals surface area contributed by atoms with Gasteiger partial charge in [0.2, 0.25) is 0 Å². The third-order valence-electron chi connectivity index (χ3n) is 4.79.